The number of hydrogen-bond donors (Lipinski definition) is 10. The van der Waals surface area contributed by atoms with Crippen molar-refractivity contribution >= 4 is 65.0 Å². The molecule has 0 spiro atoms. The summed E-state index contributed by atoms with van der Waals surface area (Å²) in [5, 5.41) is 24.7. The number of hydrogen-bond acceptors (Lipinski definition) is 13. The first-order valence-corrected chi connectivity index (χ1v) is 30.2. The molecule has 1 aromatic rings. The molecular formula is C61H99N11O12. The maximum atomic E-state index is 14.9. The maximum Gasteiger partial charge on any atom is 0.329 e. The molecule has 0 bridgehead atoms. The van der Waals surface area contributed by atoms with Crippen LogP contribution in [-0.2, 0) is 63.9 Å². The zero-order chi connectivity index (χ0) is 63.1. The minimum Gasteiger partial charge on any atom is -0.458 e. The van der Waals surface area contributed by atoms with Crippen molar-refractivity contribution in [3.05, 3.63) is 47.7 Å². The average Bonchev–Trinajstić information content (AvgIpc) is 3.91. The SMILES string of the molecule is C/C=C1\NC(=O)[C@H](Cc2ccccc2)NC(=O)[C@@H](C(C)C)NC(=O)[C@@H]([C@@H](C)CC)NC(=O)[C@H](NC(=O)[C@H](NC(=O)[C@H](CCCN)NC(=O)[C@H]2CCCN2C(=O)[C@H](NC(=O)CCCC(C)C)C(C)C)[C@@H](C)CC)[C@@H](C)OC(=O)[C@H](C(C)C)NC1=O. The van der Waals surface area contributed by atoms with Crippen molar-refractivity contribution in [2.45, 2.75) is 222 Å². The Balaban J connectivity index is 2.06. The van der Waals surface area contributed by atoms with Gasteiger partial charge in [-0.15, -0.1) is 0 Å². The maximum absolute atomic E-state index is 14.9. The van der Waals surface area contributed by atoms with Crippen LogP contribution in [0.25, 0.3) is 0 Å². The lowest BCUT2D eigenvalue weighted by atomic mass is 9.95. The molecule has 12 atom stereocenters. The first-order chi connectivity index (χ1) is 39.6. The number of benzene rings is 1. The number of nitrogens with two attached hydrogens (primary N) is 1. The fourth-order valence-corrected chi connectivity index (χ4v) is 9.93. The van der Waals surface area contributed by atoms with E-state index in [-0.39, 0.29) is 56.3 Å². The van der Waals surface area contributed by atoms with Gasteiger partial charge in [0.2, 0.25) is 53.2 Å². The number of nitrogens with zero attached hydrogens (tertiary/aromatic N) is 1. The van der Waals surface area contributed by atoms with E-state index in [2.05, 4.69) is 61.7 Å². The van der Waals surface area contributed by atoms with Gasteiger partial charge >= 0.3 is 5.97 Å². The molecule has 1 aromatic carbocycles. The third kappa shape index (κ3) is 21.3. The molecule has 470 valence electrons. The highest BCUT2D eigenvalue weighted by Crippen LogP contribution is 2.22. The minimum atomic E-state index is -1.76. The Kier molecular flexibility index (Phi) is 29.5. The smallest absolute Gasteiger partial charge is 0.329 e. The van der Waals surface area contributed by atoms with Gasteiger partial charge in [-0.1, -0.05) is 139 Å². The highest BCUT2D eigenvalue weighted by atomic mass is 16.5. The number of allylic oxidation sites excluding steroid dienone is 1. The van der Waals surface area contributed by atoms with Crippen molar-refractivity contribution in [3.8, 4) is 0 Å². The van der Waals surface area contributed by atoms with Crippen LogP contribution in [0.4, 0.5) is 0 Å². The molecule has 0 saturated carbocycles. The molecule has 2 saturated heterocycles. The monoisotopic (exact) mass is 1180 g/mol. The molecule has 11 N–H and O–H groups in total. The molecule has 2 aliphatic rings. The average molecular weight is 1180 g/mol. The predicted molar refractivity (Wildman–Crippen MR) is 318 cm³/mol. The van der Waals surface area contributed by atoms with Crippen molar-refractivity contribution in [1.82, 2.24) is 52.8 Å². The molecule has 84 heavy (non-hydrogen) atoms. The van der Waals surface area contributed by atoms with Gasteiger partial charge in [0.1, 0.15) is 66.2 Å². The van der Waals surface area contributed by atoms with Gasteiger partial charge in [0, 0.05) is 19.4 Å². The molecule has 0 aromatic heterocycles. The number of amides is 10. The predicted octanol–water partition coefficient (Wildman–Crippen LogP) is 2.69. The number of rotatable bonds is 24. The Hall–Kier alpha value is -6.91. The second-order valence-corrected chi connectivity index (χ2v) is 24.0. The summed E-state index contributed by atoms with van der Waals surface area (Å²) in [6, 6.07) is -2.66. The van der Waals surface area contributed by atoms with Crippen molar-refractivity contribution < 1.29 is 57.5 Å². The number of carbonyl (C=O) groups excluding carboxylic acids is 11. The van der Waals surface area contributed by atoms with E-state index in [0.29, 0.717) is 43.6 Å². The van der Waals surface area contributed by atoms with Crippen LogP contribution < -0.4 is 53.6 Å². The van der Waals surface area contributed by atoms with Gasteiger partial charge in [0.25, 0.3) is 5.91 Å². The summed E-state index contributed by atoms with van der Waals surface area (Å²) in [5.74, 6) is -10.4. The van der Waals surface area contributed by atoms with Crippen LogP contribution in [0.3, 0.4) is 0 Å². The second kappa shape index (κ2) is 34.8. The molecule has 0 aliphatic carbocycles. The van der Waals surface area contributed by atoms with E-state index < -0.39 is 143 Å². The molecule has 10 amide bonds. The third-order valence-corrected chi connectivity index (χ3v) is 15.7. The standard InChI is InChI=1S/C61H99N11O12/c1-15-37(12)49(69-53(75)42(27-22-30-62)64-55(77)44-28-23-31-72(44)60(82)47(35(8)9)66-45(73)29-21-24-33(4)5)58(80)71-51-39(14)84-61(83)48(36(10)11)68-52(74)41(17-3)63-54(76)43(32-40-25-19-18-20-26-40)65-56(78)46(34(6)7)67-57(79)50(38(13)16-2)70-59(51)81/h17-20,25-26,33-39,42-44,46-51H,15-16,21-24,27-32,62H2,1-14H3,(H,63,76)(H,64,77)(H,65,78)(H,66,73)(H,67,79)(H,68,74)(H,69,75)(H,70,81)(H,71,80)/b41-17-/t37-,38-,39+,42-,43-,44+,46+,47+,48-,49+,50+,51+/m0/s1. The molecule has 0 unspecified atom stereocenters. The van der Waals surface area contributed by atoms with Crippen molar-refractivity contribution in [2.75, 3.05) is 13.1 Å². The summed E-state index contributed by atoms with van der Waals surface area (Å²) in [6.45, 7) is 24.6. The van der Waals surface area contributed by atoms with E-state index >= 15 is 0 Å². The minimum absolute atomic E-state index is 0.00934. The van der Waals surface area contributed by atoms with Crippen molar-refractivity contribution in [2.24, 2.45) is 41.2 Å². The van der Waals surface area contributed by atoms with Crippen LogP contribution in [-0.4, -0.2) is 144 Å². The van der Waals surface area contributed by atoms with Crippen molar-refractivity contribution in [1.29, 1.82) is 0 Å². The summed E-state index contributed by atoms with van der Waals surface area (Å²) in [6.07, 6.45) is 3.33. The summed E-state index contributed by atoms with van der Waals surface area (Å²) >= 11 is 0. The summed E-state index contributed by atoms with van der Waals surface area (Å²) in [7, 11) is 0. The van der Waals surface area contributed by atoms with E-state index in [4.69, 9.17) is 10.5 Å². The van der Waals surface area contributed by atoms with E-state index in [1.54, 1.807) is 85.7 Å². The number of carbonyl (C=O) groups is 11. The largest absolute Gasteiger partial charge is 0.458 e. The highest BCUT2D eigenvalue weighted by molar-refractivity contribution is 6.02. The van der Waals surface area contributed by atoms with E-state index in [1.165, 1.54) is 24.8 Å². The van der Waals surface area contributed by atoms with Crippen LogP contribution in [0.1, 0.15) is 160 Å². The van der Waals surface area contributed by atoms with Crippen LogP contribution in [0.5, 0.6) is 0 Å². The Morgan fingerprint density at radius 2 is 1.36 bits per heavy atom. The molecular weight excluding hydrogens is 1080 g/mol. The lowest BCUT2D eigenvalue weighted by Gasteiger charge is -2.33. The molecule has 2 aliphatic heterocycles. The van der Waals surface area contributed by atoms with Crippen LogP contribution in [0.2, 0.25) is 0 Å². The molecule has 23 heteroatoms. The van der Waals surface area contributed by atoms with Crippen LogP contribution >= 0.6 is 0 Å². The lowest BCUT2D eigenvalue weighted by Crippen LogP contribution is -2.64. The Labute approximate surface area is 497 Å². The molecule has 2 fully saturated rings. The lowest BCUT2D eigenvalue weighted by molar-refractivity contribution is -0.157. The van der Waals surface area contributed by atoms with Gasteiger partial charge in [-0.2, -0.15) is 0 Å². The zero-order valence-electron chi connectivity index (χ0n) is 52.1. The number of ether oxygens (including phenoxy) is 1. The fraction of sp³-hybridized carbons (Fsp3) is 0.689. The fourth-order valence-electron chi connectivity index (χ4n) is 9.93. The molecule has 0 radical (unpaired) electrons. The normalized spacial score (nSPS) is 23.8. The Morgan fingerprint density at radius 3 is 1.93 bits per heavy atom. The van der Waals surface area contributed by atoms with Crippen LogP contribution in [0, 0.1) is 35.5 Å². The van der Waals surface area contributed by atoms with Gasteiger partial charge in [0.15, 0.2) is 0 Å². The first kappa shape index (κ1) is 71.4. The number of likely N-dealkylation sites (tertiary alicyclic amines) is 1. The molecule has 2 heterocycles. The number of cyclic esters (lactones) is 1. The van der Waals surface area contributed by atoms with Gasteiger partial charge in [-0.05, 0) is 93.6 Å². The summed E-state index contributed by atoms with van der Waals surface area (Å²) in [5.41, 5.74) is 6.33. The van der Waals surface area contributed by atoms with Gasteiger partial charge < -0.3 is 63.2 Å². The summed E-state index contributed by atoms with van der Waals surface area (Å²) < 4.78 is 5.94. The first-order valence-electron chi connectivity index (χ1n) is 30.2. The number of nitrogens with one attached hydrogen (secondary N) is 9. The van der Waals surface area contributed by atoms with E-state index in [0.717, 1.165) is 6.42 Å². The second-order valence-electron chi connectivity index (χ2n) is 24.0. The van der Waals surface area contributed by atoms with Gasteiger partial charge in [-0.3, -0.25) is 47.9 Å². The van der Waals surface area contributed by atoms with Gasteiger partial charge in [-0.25, -0.2) is 4.79 Å². The number of esters is 1. The van der Waals surface area contributed by atoms with Gasteiger partial charge in [0.05, 0.1) is 0 Å². The zero-order valence-corrected chi connectivity index (χ0v) is 52.1. The topological polar surface area (TPSA) is 335 Å². The highest BCUT2D eigenvalue weighted by Gasteiger charge is 2.43. The van der Waals surface area contributed by atoms with E-state index in [1.807, 2.05) is 13.8 Å². The quantitative estimate of drug-likeness (QED) is 0.0527. The van der Waals surface area contributed by atoms with Crippen molar-refractivity contribution in [3.63, 3.8) is 0 Å². The van der Waals surface area contributed by atoms with Crippen LogP contribution in [0.15, 0.2) is 42.1 Å². The van der Waals surface area contributed by atoms with E-state index in [9.17, 15) is 52.7 Å². The summed E-state index contributed by atoms with van der Waals surface area (Å²) in [4.78, 5) is 158. The molecule has 23 nitrogen and oxygen atoms in total. The third-order valence-electron chi connectivity index (χ3n) is 15.7. The molecule has 3 rings (SSSR count). The Morgan fingerprint density at radius 1 is 0.726 bits per heavy atom. The Bertz CT molecular complexity index is 2450.